The summed E-state index contributed by atoms with van der Waals surface area (Å²) in [4.78, 5) is 10.4. The van der Waals surface area contributed by atoms with E-state index in [0.717, 1.165) is 0 Å². The zero-order valence-corrected chi connectivity index (χ0v) is 9.84. The first-order valence-electron chi connectivity index (χ1n) is 3.71. The third kappa shape index (κ3) is 3.77. The molecule has 1 atom stereocenters. The zero-order valence-electron chi connectivity index (χ0n) is 7.36. The number of carbonyl (C=O) groups excluding carboxylic acids is 1. The van der Waals surface area contributed by atoms with E-state index >= 15 is 0 Å². The predicted molar refractivity (Wildman–Crippen MR) is 48.6 cm³/mol. The van der Waals surface area contributed by atoms with Crippen molar-refractivity contribution in [3.05, 3.63) is 0 Å². The van der Waals surface area contributed by atoms with Crippen molar-refractivity contribution in [1.29, 1.82) is 0 Å². The van der Waals surface area contributed by atoms with Crippen LogP contribution >= 0.6 is 23.5 Å². The summed E-state index contributed by atoms with van der Waals surface area (Å²) < 4.78 is 19.7. The van der Waals surface area contributed by atoms with E-state index in [4.69, 9.17) is 9.05 Å². The summed E-state index contributed by atoms with van der Waals surface area (Å²) in [6.07, 6.45) is 0. The number of hydrogen-bond acceptors (Lipinski definition) is 5. The van der Waals surface area contributed by atoms with Crippen molar-refractivity contribution in [2.75, 3.05) is 13.2 Å². The molecule has 0 bridgehead atoms. The van der Waals surface area contributed by atoms with Crippen molar-refractivity contribution < 1.29 is 23.5 Å². The molecule has 13 heavy (non-hydrogen) atoms. The van der Waals surface area contributed by atoms with Crippen LogP contribution in [0.15, 0.2) is 0 Å². The average molecular weight is 274 g/mol. The van der Waals surface area contributed by atoms with Gasteiger partial charge >= 0.3 is 7.60 Å². The van der Waals surface area contributed by atoms with Gasteiger partial charge in [0.25, 0.3) is 0 Å². The van der Waals surface area contributed by atoms with E-state index in [2.05, 4.69) is 15.9 Å². The minimum Gasteiger partial charge on any atom is -0.548 e. The molecular weight excluding hydrogens is 263 g/mol. The summed E-state index contributed by atoms with van der Waals surface area (Å²) in [7, 11) is -3.61. The van der Waals surface area contributed by atoms with E-state index in [9.17, 15) is 14.5 Å². The number of hydrogen-bond donors (Lipinski definition) is 0. The van der Waals surface area contributed by atoms with Crippen molar-refractivity contribution in [2.24, 2.45) is 0 Å². The topological polar surface area (TPSA) is 75.7 Å². The number of aliphatic carboxylic acids is 1. The highest BCUT2D eigenvalue weighted by atomic mass is 79.9. The van der Waals surface area contributed by atoms with Crippen LogP contribution < -0.4 is 5.11 Å². The van der Waals surface area contributed by atoms with Gasteiger partial charge in [-0.2, -0.15) is 0 Å². The summed E-state index contributed by atoms with van der Waals surface area (Å²) >= 11 is 2.69. The average Bonchev–Trinajstić information content (AvgIpc) is 2.03. The third-order valence-electron chi connectivity index (χ3n) is 1.09. The molecule has 0 aliphatic rings. The maximum Gasteiger partial charge on any atom is 0.349 e. The molecule has 0 aromatic rings. The van der Waals surface area contributed by atoms with Crippen LogP contribution in [0.4, 0.5) is 0 Å². The van der Waals surface area contributed by atoms with E-state index in [0.29, 0.717) is 0 Å². The zero-order chi connectivity index (χ0) is 10.5. The molecular formula is C6H11BrO5P-. The van der Waals surface area contributed by atoms with E-state index in [1.165, 1.54) is 0 Å². The number of halogens is 1. The lowest BCUT2D eigenvalue weighted by Crippen LogP contribution is -2.32. The van der Waals surface area contributed by atoms with Gasteiger partial charge in [0, 0.05) is 0 Å². The van der Waals surface area contributed by atoms with Crippen molar-refractivity contribution in [2.45, 2.75) is 18.4 Å². The summed E-state index contributed by atoms with van der Waals surface area (Å²) in [6.45, 7) is 3.43. The van der Waals surface area contributed by atoms with Crippen LogP contribution in [0, 0.1) is 0 Å². The second kappa shape index (κ2) is 5.75. The van der Waals surface area contributed by atoms with Crippen molar-refractivity contribution in [1.82, 2.24) is 0 Å². The monoisotopic (exact) mass is 273 g/mol. The maximum absolute atomic E-state index is 11.6. The third-order valence-corrected chi connectivity index (χ3v) is 4.97. The molecule has 0 spiro atoms. The molecule has 0 rings (SSSR count). The number of carbonyl (C=O) groups is 1. The second-order valence-corrected chi connectivity index (χ2v) is 5.77. The Hall–Kier alpha value is 0.100. The van der Waals surface area contributed by atoms with Crippen molar-refractivity contribution in [3.8, 4) is 0 Å². The number of rotatable bonds is 6. The standard InChI is InChI=1S/C6H12BrO5P/c1-3-11-13(10,12-4-2)5(7)6(8)9/h5H,3-4H2,1-2H3,(H,8,9)/p-1/t5-/m1/s1. The fraction of sp³-hybridized carbons (Fsp3) is 0.833. The first-order chi connectivity index (χ1) is 5.98. The molecule has 0 aliphatic heterocycles. The summed E-state index contributed by atoms with van der Waals surface area (Å²) in [6, 6.07) is 0. The minimum absolute atomic E-state index is 0.118. The molecule has 0 aromatic carbocycles. The SMILES string of the molecule is CCOP(=O)(OCC)[C@@H](Br)C(=O)[O-]. The lowest BCUT2D eigenvalue weighted by Gasteiger charge is -2.22. The van der Waals surface area contributed by atoms with Crippen LogP contribution in [-0.2, 0) is 18.4 Å². The summed E-state index contributed by atoms with van der Waals surface area (Å²) in [5, 5.41) is 10.4. The molecule has 0 radical (unpaired) electrons. The molecule has 78 valence electrons. The molecule has 0 heterocycles. The first kappa shape index (κ1) is 13.1. The van der Waals surface area contributed by atoms with Crippen LogP contribution in [-0.4, -0.2) is 23.8 Å². The molecule has 0 saturated carbocycles. The Kier molecular flexibility index (Phi) is 5.80. The quantitative estimate of drug-likeness (QED) is 0.527. The molecule has 0 aliphatic carbocycles. The largest absolute Gasteiger partial charge is 0.548 e. The molecule has 0 saturated heterocycles. The van der Waals surface area contributed by atoms with Gasteiger partial charge in [0.2, 0.25) is 0 Å². The minimum atomic E-state index is -3.61. The lowest BCUT2D eigenvalue weighted by molar-refractivity contribution is -0.302. The van der Waals surface area contributed by atoms with Gasteiger partial charge in [-0.15, -0.1) is 0 Å². The molecule has 0 fully saturated rings. The van der Waals surface area contributed by atoms with Gasteiger partial charge in [-0.05, 0) is 13.8 Å². The van der Waals surface area contributed by atoms with Gasteiger partial charge in [-0.1, -0.05) is 15.9 Å². The smallest absolute Gasteiger partial charge is 0.349 e. The lowest BCUT2D eigenvalue weighted by atomic mass is 10.8. The maximum atomic E-state index is 11.6. The Bertz CT molecular complexity index is 209. The number of carboxylic acid groups (broad SMARTS) is 1. The van der Waals surface area contributed by atoms with Crippen LogP contribution in [0.5, 0.6) is 0 Å². The van der Waals surface area contributed by atoms with Crippen LogP contribution in [0.1, 0.15) is 13.8 Å². The Morgan fingerprint density at radius 1 is 1.46 bits per heavy atom. The molecule has 0 aromatic heterocycles. The van der Waals surface area contributed by atoms with Gasteiger partial charge in [-0.25, -0.2) is 0 Å². The fourth-order valence-corrected chi connectivity index (χ4v) is 2.68. The molecule has 7 heteroatoms. The van der Waals surface area contributed by atoms with Crippen LogP contribution in [0.25, 0.3) is 0 Å². The molecule has 5 nitrogen and oxygen atoms in total. The highest BCUT2D eigenvalue weighted by Crippen LogP contribution is 2.55. The molecule has 0 amide bonds. The van der Waals surface area contributed by atoms with Crippen molar-refractivity contribution in [3.63, 3.8) is 0 Å². The van der Waals surface area contributed by atoms with E-state index in [-0.39, 0.29) is 13.2 Å². The Labute approximate surface area is 85.1 Å². The van der Waals surface area contributed by atoms with Crippen LogP contribution in [0.3, 0.4) is 0 Å². The van der Waals surface area contributed by atoms with Crippen LogP contribution in [0.2, 0.25) is 0 Å². The highest BCUT2D eigenvalue weighted by Gasteiger charge is 2.34. The number of carboxylic acids is 1. The van der Waals surface area contributed by atoms with Gasteiger partial charge in [0.15, 0.2) is 4.57 Å². The Morgan fingerprint density at radius 2 is 1.85 bits per heavy atom. The predicted octanol–water partition coefficient (Wildman–Crippen LogP) is 0.723. The summed E-state index contributed by atoms with van der Waals surface area (Å²) in [5.74, 6) is -1.51. The molecule has 0 N–H and O–H groups in total. The van der Waals surface area contributed by atoms with Gasteiger partial charge in [-0.3, -0.25) is 4.57 Å². The van der Waals surface area contributed by atoms with Gasteiger partial charge in [0.05, 0.1) is 19.2 Å². The highest BCUT2D eigenvalue weighted by molar-refractivity contribution is 9.11. The molecule has 0 unspecified atom stereocenters. The number of alkyl halides is 1. The van der Waals surface area contributed by atoms with Gasteiger partial charge in [0.1, 0.15) is 0 Å². The normalized spacial score (nSPS) is 14.1. The Balaban J connectivity index is 4.57. The van der Waals surface area contributed by atoms with Gasteiger partial charge < -0.3 is 18.9 Å². The van der Waals surface area contributed by atoms with E-state index in [1.54, 1.807) is 13.8 Å². The van der Waals surface area contributed by atoms with E-state index < -0.39 is 18.1 Å². The first-order valence-corrected chi connectivity index (χ1v) is 6.24. The van der Waals surface area contributed by atoms with Crippen molar-refractivity contribution >= 4 is 29.5 Å². The second-order valence-electron chi connectivity index (χ2n) is 2.03. The summed E-state index contributed by atoms with van der Waals surface area (Å²) in [5.41, 5.74) is 0. The fourth-order valence-electron chi connectivity index (χ4n) is 0.657. The Morgan fingerprint density at radius 3 is 2.08 bits per heavy atom. The van der Waals surface area contributed by atoms with E-state index in [1.807, 2.05) is 0 Å².